The van der Waals surface area contributed by atoms with Crippen LogP contribution in [-0.2, 0) is 19.1 Å². The van der Waals surface area contributed by atoms with Crippen LogP contribution in [-0.4, -0.2) is 44.7 Å². The van der Waals surface area contributed by atoms with Gasteiger partial charge in [-0.2, -0.15) is 0 Å². The number of nitrogens with zero attached hydrogens (tertiary/aromatic N) is 1. The first kappa shape index (κ1) is 17.5. The molecule has 0 saturated carbocycles. The number of hydrogen-bond acceptors (Lipinski definition) is 5. The molecule has 1 atom stereocenters. The maximum absolute atomic E-state index is 12.4. The Morgan fingerprint density at radius 3 is 2.40 bits per heavy atom. The zero-order valence-corrected chi connectivity index (χ0v) is 15.2. The summed E-state index contributed by atoms with van der Waals surface area (Å²) < 4.78 is 9.92. The highest BCUT2D eigenvalue weighted by Gasteiger charge is 2.41. The van der Waals surface area contributed by atoms with Gasteiger partial charge in [-0.05, 0) is 41.7 Å². The summed E-state index contributed by atoms with van der Waals surface area (Å²) in [5.74, 6) is -1.59. The van der Waals surface area contributed by atoms with Gasteiger partial charge in [-0.25, -0.2) is 4.79 Å². The van der Waals surface area contributed by atoms with Crippen LogP contribution in [0.4, 0.5) is 0 Å². The summed E-state index contributed by atoms with van der Waals surface area (Å²) in [4.78, 5) is 26.8. The SMILES string of the molecule is COC(=O)C1=C2C(=C(c3ccc(Cl)cc3)CC1C(=O)OC)CCN2C. The number of hydrogen-bond donors (Lipinski definition) is 0. The number of ether oxygens (including phenoxy) is 2. The first-order valence-electron chi connectivity index (χ1n) is 8.07. The van der Waals surface area contributed by atoms with E-state index in [1.165, 1.54) is 14.2 Å². The molecule has 1 aliphatic carbocycles. The van der Waals surface area contributed by atoms with Gasteiger partial charge < -0.3 is 14.4 Å². The molecule has 1 aromatic carbocycles. The number of esters is 2. The molecule has 0 spiro atoms. The summed E-state index contributed by atoms with van der Waals surface area (Å²) in [5, 5.41) is 0.657. The molecule has 1 aromatic rings. The second-order valence-electron chi connectivity index (χ2n) is 6.17. The van der Waals surface area contributed by atoms with Gasteiger partial charge in [0, 0.05) is 18.6 Å². The van der Waals surface area contributed by atoms with Crippen LogP contribution in [0.15, 0.2) is 41.1 Å². The van der Waals surface area contributed by atoms with Crippen molar-refractivity contribution in [3.05, 3.63) is 51.7 Å². The average Bonchev–Trinajstić information content (AvgIpc) is 3.01. The van der Waals surface area contributed by atoms with Crippen molar-refractivity contribution in [2.45, 2.75) is 12.8 Å². The average molecular weight is 362 g/mol. The molecule has 1 fully saturated rings. The zero-order valence-electron chi connectivity index (χ0n) is 14.5. The number of carbonyl (C=O) groups is 2. The van der Waals surface area contributed by atoms with Crippen LogP contribution in [0.3, 0.4) is 0 Å². The number of rotatable bonds is 3. The van der Waals surface area contributed by atoms with Crippen LogP contribution in [0.5, 0.6) is 0 Å². The van der Waals surface area contributed by atoms with Gasteiger partial charge in [-0.1, -0.05) is 23.7 Å². The van der Waals surface area contributed by atoms with Crippen molar-refractivity contribution in [2.75, 3.05) is 27.8 Å². The van der Waals surface area contributed by atoms with Gasteiger partial charge in [0.05, 0.1) is 31.4 Å². The lowest BCUT2D eigenvalue weighted by Gasteiger charge is -2.29. The molecule has 1 unspecified atom stereocenters. The Bertz CT molecular complexity index is 779. The van der Waals surface area contributed by atoms with Gasteiger partial charge in [0.2, 0.25) is 0 Å². The van der Waals surface area contributed by atoms with Crippen LogP contribution in [0.1, 0.15) is 18.4 Å². The third-order valence-electron chi connectivity index (χ3n) is 4.82. The standard InChI is InChI=1S/C19H20ClNO4/c1-21-9-8-13-14(11-4-6-12(20)7-5-11)10-15(18(22)24-2)16(17(13)21)19(23)25-3/h4-7,15H,8-10H2,1-3H3. The topological polar surface area (TPSA) is 55.8 Å². The molecule has 0 aromatic heterocycles. The van der Waals surface area contributed by atoms with E-state index < -0.39 is 17.9 Å². The van der Waals surface area contributed by atoms with Gasteiger partial charge in [-0.15, -0.1) is 0 Å². The van der Waals surface area contributed by atoms with Crippen molar-refractivity contribution >= 4 is 29.1 Å². The molecule has 1 saturated heterocycles. The first-order valence-corrected chi connectivity index (χ1v) is 8.45. The number of benzene rings is 1. The molecular formula is C19H20ClNO4. The predicted octanol–water partition coefficient (Wildman–Crippen LogP) is 3.05. The number of likely N-dealkylation sites (N-methyl/N-ethyl adjacent to an activating group) is 1. The highest BCUT2D eigenvalue weighted by Crippen LogP contribution is 2.45. The second-order valence-corrected chi connectivity index (χ2v) is 6.61. The molecule has 1 heterocycles. The molecule has 1 aliphatic heterocycles. The number of likely N-dealkylation sites (tertiary alicyclic amines) is 1. The zero-order chi connectivity index (χ0) is 18.1. The minimum atomic E-state index is -0.678. The molecule has 0 amide bonds. The van der Waals surface area contributed by atoms with Crippen molar-refractivity contribution in [3.8, 4) is 0 Å². The summed E-state index contributed by atoms with van der Waals surface area (Å²) in [5.41, 5.74) is 4.33. The number of allylic oxidation sites excluding steroid dienone is 2. The first-order chi connectivity index (χ1) is 12.0. The van der Waals surface area contributed by atoms with Crippen LogP contribution in [0.25, 0.3) is 5.57 Å². The summed E-state index contributed by atoms with van der Waals surface area (Å²) in [6.07, 6.45) is 1.23. The Labute approximate surface area is 151 Å². The fraction of sp³-hybridized carbons (Fsp3) is 0.368. The van der Waals surface area contributed by atoms with E-state index in [1.54, 1.807) is 0 Å². The Morgan fingerprint density at radius 2 is 1.80 bits per heavy atom. The Kier molecular flexibility index (Phi) is 4.86. The monoisotopic (exact) mass is 361 g/mol. The van der Waals surface area contributed by atoms with Gasteiger partial charge in [-0.3, -0.25) is 4.79 Å². The van der Waals surface area contributed by atoms with Gasteiger partial charge in [0.1, 0.15) is 0 Å². The van der Waals surface area contributed by atoms with Crippen molar-refractivity contribution in [1.82, 2.24) is 4.90 Å². The molecule has 5 nitrogen and oxygen atoms in total. The molecule has 3 rings (SSSR count). The summed E-state index contributed by atoms with van der Waals surface area (Å²) >= 11 is 6.00. The molecule has 25 heavy (non-hydrogen) atoms. The fourth-order valence-electron chi connectivity index (χ4n) is 3.63. The predicted molar refractivity (Wildman–Crippen MR) is 94.8 cm³/mol. The third kappa shape index (κ3) is 3.04. The van der Waals surface area contributed by atoms with E-state index in [9.17, 15) is 9.59 Å². The van der Waals surface area contributed by atoms with Crippen LogP contribution in [0, 0.1) is 5.92 Å². The lowest BCUT2D eigenvalue weighted by Crippen LogP contribution is -2.31. The van der Waals surface area contributed by atoms with Crippen molar-refractivity contribution < 1.29 is 19.1 Å². The highest BCUT2D eigenvalue weighted by molar-refractivity contribution is 6.30. The Morgan fingerprint density at radius 1 is 1.12 bits per heavy atom. The molecule has 6 heteroatoms. The molecular weight excluding hydrogens is 342 g/mol. The summed E-state index contributed by atoms with van der Waals surface area (Å²) in [7, 11) is 4.59. The molecule has 2 aliphatic rings. The fourth-order valence-corrected chi connectivity index (χ4v) is 3.76. The number of fused-ring (bicyclic) bond motifs is 1. The quantitative estimate of drug-likeness (QED) is 0.774. The molecule has 132 valence electrons. The molecule has 0 bridgehead atoms. The smallest absolute Gasteiger partial charge is 0.336 e. The van der Waals surface area contributed by atoms with Gasteiger partial charge in [0.25, 0.3) is 0 Å². The van der Waals surface area contributed by atoms with Crippen molar-refractivity contribution in [1.29, 1.82) is 0 Å². The summed E-state index contributed by atoms with van der Waals surface area (Å²) in [6, 6.07) is 7.54. The normalized spacial score (nSPS) is 19.8. The highest BCUT2D eigenvalue weighted by atomic mass is 35.5. The van der Waals surface area contributed by atoms with Crippen molar-refractivity contribution in [2.24, 2.45) is 5.92 Å². The Balaban J connectivity index is 2.21. The van der Waals surface area contributed by atoms with E-state index in [-0.39, 0.29) is 0 Å². The Hall–Kier alpha value is -2.27. The lowest BCUT2D eigenvalue weighted by molar-refractivity contribution is -0.147. The van der Waals surface area contributed by atoms with E-state index in [0.717, 1.165) is 35.4 Å². The largest absolute Gasteiger partial charge is 0.469 e. The number of carbonyl (C=O) groups excluding carboxylic acids is 2. The minimum absolute atomic E-state index is 0.391. The van der Waals surface area contributed by atoms with Crippen molar-refractivity contribution in [3.63, 3.8) is 0 Å². The van der Waals surface area contributed by atoms with Crippen LogP contribution < -0.4 is 0 Å². The summed E-state index contributed by atoms with van der Waals surface area (Å²) in [6.45, 7) is 0.788. The molecule has 0 N–H and O–H groups in total. The van der Waals surface area contributed by atoms with Gasteiger partial charge in [0.15, 0.2) is 0 Å². The number of methoxy groups -OCH3 is 2. The lowest BCUT2D eigenvalue weighted by atomic mass is 9.79. The molecule has 0 radical (unpaired) electrons. The third-order valence-corrected chi connectivity index (χ3v) is 5.08. The van der Waals surface area contributed by atoms with E-state index in [4.69, 9.17) is 21.1 Å². The van der Waals surface area contributed by atoms with E-state index in [1.807, 2.05) is 36.2 Å². The minimum Gasteiger partial charge on any atom is -0.469 e. The maximum atomic E-state index is 12.4. The number of halogens is 1. The van der Waals surface area contributed by atoms with E-state index in [2.05, 4.69) is 0 Å². The van der Waals surface area contributed by atoms with Crippen LogP contribution >= 0.6 is 11.6 Å². The van der Waals surface area contributed by atoms with E-state index >= 15 is 0 Å². The second kappa shape index (κ2) is 6.92. The maximum Gasteiger partial charge on any atom is 0.336 e. The van der Waals surface area contributed by atoms with E-state index in [0.29, 0.717) is 17.0 Å². The van der Waals surface area contributed by atoms with Crippen LogP contribution in [0.2, 0.25) is 5.02 Å². The van der Waals surface area contributed by atoms with Gasteiger partial charge >= 0.3 is 11.9 Å².